The van der Waals surface area contributed by atoms with Crippen molar-refractivity contribution in [1.82, 2.24) is 14.9 Å². The second-order valence-corrected chi connectivity index (χ2v) is 7.42. The van der Waals surface area contributed by atoms with Crippen LogP contribution in [0.15, 0.2) is 29.3 Å². The number of nitrogens with one attached hydrogen (secondary N) is 2. The number of sulfonamides is 1. The fraction of sp³-hybridized carbons (Fsp3) is 0.562. The summed E-state index contributed by atoms with van der Waals surface area (Å²) < 4.78 is 30.4. The van der Waals surface area contributed by atoms with Gasteiger partial charge < -0.3 is 15.0 Å². The average molecular weight is 356 g/mol. The van der Waals surface area contributed by atoms with Gasteiger partial charge in [0.05, 0.1) is 12.9 Å². The number of rotatable bonds is 9. The molecule has 0 spiro atoms. The third kappa shape index (κ3) is 7.18. The molecule has 0 aliphatic heterocycles. The summed E-state index contributed by atoms with van der Waals surface area (Å²) in [5, 5.41) is 3.23. The predicted molar refractivity (Wildman–Crippen MR) is 97.9 cm³/mol. The molecule has 24 heavy (non-hydrogen) atoms. The van der Waals surface area contributed by atoms with Crippen LogP contribution in [0.3, 0.4) is 0 Å². The monoisotopic (exact) mass is 356 g/mol. The molecular formula is C16H28N4O3S. The first-order valence-corrected chi connectivity index (χ1v) is 9.59. The van der Waals surface area contributed by atoms with E-state index in [4.69, 9.17) is 4.74 Å². The minimum atomic E-state index is -3.12. The highest BCUT2D eigenvalue weighted by molar-refractivity contribution is 7.89. The van der Waals surface area contributed by atoms with Crippen LogP contribution in [0.1, 0.15) is 18.9 Å². The number of benzene rings is 1. The van der Waals surface area contributed by atoms with Gasteiger partial charge in [-0.1, -0.05) is 12.1 Å². The second-order valence-electron chi connectivity index (χ2n) is 5.33. The lowest BCUT2D eigenvalue weighted by Gasteiger charge is -2.22. The van der Waals surface area contributed by atoms with Crippen molar-refractivity contribution in [2.45, 2.75) is 19.9 Å². The number of methoxy groups -OCH3 is 1. The molecule has 0 saturated carbocycles. The van der Waals surface area contributed by atoms with Crippen molar-refractivity contribution >= 4 is 16.0 Å². The predicted octanol–water partition coefficient (Wildman–Crippen LogP) is 1.03. The lowest BCUT2D eigenvalue weighted by atomic mass is 10.2. The molecule has 0 saturated heterocycles. The largest absolute Gasteiger partial charge is 0.497 e. The zero-order valence-corrected chi connectivity index (χ0v) is 15.7. The molecule has 0 atom stereocenters. The molecule has 0 radical (unpaired) electrons. The Bertz CT molecular complexity index is 615. The Morgan fingerprint density at radius 1 is 1.25 bits per heavy atom. The van der Waals surface area contributed by atoms with Crippen LogP contribution >= 0.6 is 0 Å². The van der Waals surface area contributed by atoms with Crippen molar-refractivity contribution in [3.63, 3.8) is 0 Å². The third-order valence-corrected chi connectivity index (χ3v) is 4.89. The van der Waals surface area contributed by atoms with Gasteiger partial charge in [0.2, 0.25) is 10.0 Å². The van der Waals surface area contributed by atoms with E-state index in [0.29, 0.717) is 26.1 Å². The van der Waals surface area contributed by atoms with E-state index in [-0.39, 0.29) is 5.75 Å². The van der Waals surface area contributed by atoms with Crippen molar-refractivity contribution in [2.75, 3.05) is 40.0 Å². The van der Waals surface area contributed by atoms with Gasteiger partial charge in [-0.15, -0.1) is 0 Å². The molecule has 136 valence electrons. The smallest absolute Gasteiger partial charge is 0.211 e. The summed E-state index contributed by atoms with van der Waals surface area (Å²) in [4.78, 5) is 6.26. The van der Waals surface area contributed by atoms with Crippen LogP contribution in [0.25, 0.3) is 0 Å². The Morgan fingerprint density at radius 2 is 1.92 bits per heavy atom. The molecular weight excluding hydrogens is 328 g/mol. The van der Waals surface area contributed by atoms with Gasteiger partial charge in [0.25, 0.3) is 0 Å². The quantitative estimate of drug-likeness (QED) is 0.392. The third-order valence-electron chi connectivity index (χ3n) is 3.49. The molecule has 7 nitrogen and oxygen atoms in total. The molecule has 2 N–H and O–H groups in total. The number of hydrogen-bond donors (Lipinski definition) is 2. The maximum Gasteiger partial charge on any atom is 0.211 e. The fourth-order valence-electron chi connectivity index (χ4n) is 2.08. The Morgan fingerprint density at radius 3 is 2.46 bits per heavy atom. The molecule has 0 aliphatic rings. The molecule has 0 unspecified atom stereocenters. The topological polar surface area (TPSA) is 83.0 Å². The van der Waals surface area contributed by atoms with Crippen LogP contribution in [0, 0.1) is 0 Å². The van der Waals surface area contributed by atoms with E-state index in [0.717, 1.165) is 17.3 Å². The van der Waals surface area contributed by atoms with E-state index in [9.17, 15) is 8.42 Å². The Hall–Kier alpha value is -1.80. The van der Waals surface area contributed by atoms with Crippen molar-refractivity contribution in [1.29, 1.82) is 0 Å². The number of ether oxygens (including phenoxy) is 1. The highest BCUT2D eigenvalue weighted by atomic mass is 32.2. The molecule has 0 fully saturated rings. The van der Waals surface area contributed by atoms with E-state index in [1.807, 2.05) is 36.2 Å². The first-order chi connectivity index (χ1) is 11.4. The Labute approximate surface area is 145 Å². The molecule has 0 aromatic heterocycles. The van der Waals surface area contributed by atoms with Crippen LogP contribution in [0.4, 0.5) is 0 Å². The molecule has 0 aliphatic carbocycles. The number of aliphatic imine (C=N–C) groups is 1. The van der Waals surface area contributed by atoms with Gasteiger partial charge in [-0.3, -0.25) is 4.99 Å². The van der Waals surface area contributed by atoms with E-state index in [1.54, 1.807) is 21.1 Å². The van der Waals surface area contributed by atoms with Crippen LogP contribution in [-0.4, -0.2) is 59.3 Å². The maximum absolute atomic E-state index is 11.3. The number of guanidine groups is 1. The van der Waals surface area contributed by atoms with E-state index in [2.05, 4.69) is 15.0 Å². The molecule has 0 bridgehead atoms. The van der Waals surface area contributed by atoms with Gasteiger partial charge in [0, 0.05) is 33.7 Å². The lowest BCUT2D eigenvalue weighted by Crippen LogP contribution is -2.39. The molecule has 0 amide bonds. The number of hydrogen-bond acceptors (Lipinski definition) is 4. The van der Waals surface area contributed by atoms with Crippen molar-refractivity contribution in [3.8, 4) is 5.75 Å². The zero-order valence-electron chi connectivity index (χ0n) is 14.9. The summed E-state index contributed by atoms with van der Waals surface area (Å²) in [5.41, 5.74) is 1.15. The first kappa shape index (κ1) is 20.2. The SMILES string of the molecule is CCS(=O)(=O)NCCCNC(=NC)N(C)Cc1ccc(OC)cc1. The van der Waals surface area contributed by atoms with Crippen LogP contribution in [-0.2, 0) is 16.6 Å². The molecule has 1 aromatic carbocycles. The van der Waals surface area contributed by atoms with Crippen molar-refractivity contribution < 1.29 is 13.2 Å². The highest BCUT2D eigenvalue weighted by Crippen LogP contribution is 2.12. The summed E-state index contributed by atoms with van der Waals surface area (Å²) in [6, 6.07) is 7.89. The maximum atomic E-state index is 11.3. The summed E-state index contributed by atoms with van der Waals surface area (Å²) in [5.74, 6) is 1.70. The van der Waals surface area contributed by atoms with Crippen molar-refractivity contribution in [2.24, 2.45) is 4.99 Å². The van der Waals surface area contributed by atoms with Crippen LogP contribution in [0.5, 0.6) is 5.75 Å². The van der Waals surface area contributed by atoms with Crippen molar-refractivity contribution in [3.05, 3.63) is 29.8 Å². The van der Waals surface area contributed by atoms with Gasteiger partial charge in [-0.25, -0.2) is 13.1 Å². The standard InChI is InChI=1S/C16H28N4O3S/c1-5-24(21,22)19-12-6-11-18-16(17-2)20(3)13-14-7-9-15(23-4)10-8-14/h7-10,19H,5-6,11-13H2,1-4H3,(H,17,18). The summed E-state index contributed by atoms with van der Waals surface area (Å²) >= 11 is 0. The van der Waals surface area contributed by atoms with Gasteiger partial charge in [-0.05, 0) is 31.0 Å². The van der Waals surface area contributed by atoms with E-state index >= 15 is 0 Å². The van der Waals surface area contributed by atoms with Gasteiger partial charge in [-0.2, -0.15) is 0 Å². The van der Waals surface area contributed by atoms with Gasteiger partial charge in [0.15, 0.2) is 5.96 Å². The minimum Gasteiger partial charge on any atom is -0.497 e. The average Bonchev–Trinajstić information content (AvgIpc) is 2.58. The van der Waals surface area contributed by atoms with Gasteiger partial charge >= 0.3 is 0 Å². The minimum absolute atomic E-state index is 0.104. The lowest BCUT2D eigenvalue weighted by molar-refractivity contribution is 0.414. The highest BCUT2D eigenvalue weighted by Gasteiger charge is 2.07. The molecule has 1 rings (SSSR count). The normalized spacial score (nSPS) is 12.1. The fourth-order valence-corrected chi connectivity index (χ4v) is 2.74. The molecule has 1 aromatic rings. The van der Waals surface area contributed by atoms with E-state index in [1.165, 1.54) is 0 Å². The van der Waals surface area contributed by atoms with E-state index < -0.39 is 10.0 Å². The second kappa shape index (κ2) is 10.1. The summed E-state index contributed by atoms with van der Waals surface area (Å²) in [6.07, 6.45) is 0.689. The zero-order chi connectivity index (χ0) is 18.0. The molecule has 8 heteroatoms. The van der Waals surface area contributed by atoms with Crippen LogP contribution < -0.4 is 14.8 Å². The van der Waals surface area contributed by atoms with Gasteiger partial charge in [0.1, 0.15) is 5.75 Å². The van der Waals surface area contributed by atoms with Crippen LogP contribution in [0.2, 0.25) is 0 Å². The Kier molecular flexibility index (Phi) is 8.56. The molecule has 0 heterocycles. The first-order valence-electron chi connectivity index (χ1n) is 7.94. The Balaban J connectivity index is 2.39. The number of nitrogens with zero attached hydrogens (tertiary/aromatic N) is 2. The summed E-state index contributed by atoms with van der Waals surface area (Å²) in [7, 11) is 2.22. The summed E-state index contributed by atoms with van der Waals surface area (Å²) in [6.45, 7) is 3.40.